The molecule has 1 aromatic rings. The van der Waals surface area contributed by atoms with Crippen LogP contribution in [0.3, 0.4) is 0 Å². The van der Waals surface area contributed by atoms with E-state index in [0.717, 1.165) is 11.4 Å². The van der Waals surface area contributed by atoms with Crippen LogP contribution in [-0.4, -0.2) is 81.1 Å². The van der Waals surface area contributed by atoms with E-state index in [2.05, 4.69) is 0 Å². The number of aliphatic hydroxyl groups is 2. The van der Waals surface area contributed by atoms with E-state index in [1.165, 1.54) is 0 Å². The molecule has 22 heavy (non-hydrogen) atoms. The average Bonchev–Trinajstić information content (AvgIpc) is 2.40. The van der Waals surface area contributed by atoms with E-state index in [9.17, 15) is 9.59 Å². The molecule has 0 amide bonds. The van der Waals surface area contributed by atoms with Crippen LogP contribution in [-0.2, 0) is 9.59 Å². The van der Waals surface area contributed by atoms with Gasteiger partial charge in [-0.15, -0.1) is 0 Å². The molecule has 0 aliphatic rings. The molecular weight excluding hydrogens is 408 g/mol. The molecule has 3 radical (unpaired) electrons. The molecule has 0 bridgehead atoms. The summed E-state index contributed by atoms with van der Waals surface area (Å²) in [5.41, 5.74) is 6.23. The molecule has 0 aliphatic heterocycles. The number of carboxylic acids is 2. The van der Waals surface area contributed by atoms with Crippen molar-refractivity contribution in [3.8, 4) is 5.75 Å². The summed E-state index contributed by atoms with van der Waals surface area (Å²) >= 11 is 0. The van der Waals surface area contributed by atoms with Gasteiger partial charge in [-0.05, 0) is 31.2 Å². The molecule has 9 nitrogen and oxygen atoms in total. The predicted molar refractivity (Wildman–Crippen MR) is 78.7 cm³/mol. The first kappa shape index (κ1) is 25.4. The number of carbonyl (C=O) groups is 2. The summed E-state index contributed by atoms with van der Waals surface area (Å²) < 4.78 is 5.21. The van der Waals surface area contributed by atoms with Crippen LogP contribution in [0.5, 0.6) is 5.75 Å². The normalized spacial score (nSPS) is 11.4. The van der Waals surface area contributed by atoms with Gasteiger partial charge in [0.15, 0.2) is 12.2 Å². The predicted octanol–water partition coefficient (Wildman–Crippen LogP) is -1.66. The second-order valence-corrected chi connectivity index (χ2v) is 3.57. The molecule has 1 rings (SSSR count). The Labute approximate surface area is 144 Å². The Hall–Kier alpha value is -1.54. The summed E-state index contributed by atoms with van der Waals surface area (Å²) in [6.45, 7) is 2.65. The summed E-state index contributed by atoms with van der Waals surface area (Å²) in [7, 11) is 0. The number of anilines is 1. The van der Waals surface area contributed by atoms with Crippen LogP contribution in [0.2, 0.25) is 0 Å². The zero-order chi connectivity index (χ0) is 15.7. The van der Waals surface area contributed by atoms with Crippen molar-refractivity contribution < 1.29 is 40.2 Å². The summed E-state index contributed by atoms with van der Waals surface area (Å²) in [6.07, 6.45) is -4.53. The first-order chi connectivity index (χ1) is 9.29. The Morgan fingerprint density at radius 1 is 1.09 bits per heavy atom. The molecule has 0 aliphatic carbocycles. The Morgan fingerprint density at radius 3 is 1.73 bits per heavy atom. The van der Waals surface area contributed by atoms with Crippen molar-refractivity contribution in [2.45, 2.75) is 19.1 Å². The maximum absolute atomic E-state index is 9.77. The molecule has 0 saturated carbocycles. The number of aliphatic carboxylic acids is 2. The third-order valence-corrected chi connectivity index (χ3v) is 2.00. The maximum atomic E-state index is 9.77. The van der Waals surface area contributed by atoms with Gasteiger partial charge in [-0.1, -0.05) is 0 Å². The molecule has 8 N–H and O–H groups in total. The number of nitrogens with two attached hydrogens (primary N) is 1. The van der Waals surface area contributed by atoms with Crippen molar-refractivity contribution in [1.82, 2.24) is 0 Å². The SMILES string of the molecule is CCOc1ccc(N)cc1.O.O=C(O)C(O)C(O)C(=O)O.[Sb]. The van der Waals surface area contributed by atoms with Gasteiger partial charge in [0.1, 0.15) is 5.75 Å². The zero-order valence-corrected chi connectivity index (χ0v) is 14.3. The monoisotopic (exact) mass is 426 g/mol. The van der Waals surface area contributed by atoms with Gasteiger partial charge in [-0.2, -0.15) is 0 Å². The zero-order valence-electron chi connectivity index (χ0n) is 11.7. The largest absolute Gasteiger partial charge is 0.494 e. The standard InChI is InChI=1S/C8H11NO.C4H6O6.H2O.Sb/c1-2-10-8-5-3-7(9)4-6-8;5-1(3(7)8)2(6)4(9)10;;/h3-6H,2,9H2,1H3;1-2,5-6H,(H,7,8)(H,9,10);1H2;. The number of rotatable bonds is 5. The summed E-state index contributed by atoms with van der Waals surface area (Å²) in [5.74, 6) is -2.67. The molecule has 1 aromatic carbocycles. The second-order valence-electron chi connectivity index (χ2n) is 3.57. The summed E-state index contributed by atoms with van der Waals surface area (Å²) in [4.78, 5) is 19.5. The molecule has 0 spiro atoms. The van der Waals surface area contributed by atoms with Crippen molar-refractivity contribution in [1.29, 1.82) is 0 Å². The van der Waals surface area contributed by atoms with E-state index < -0.39 is 24.1 Å². The number of hydrogen-bond acceptors (Lipinski definition) is 6. The van der Waals surface area contributed by atoms with E-state index in [1.54, 1.807) is 0 Å². The first-order valence-corrected chi connectivity index (χ1v) is 5.59. The fraction of sp³-hybridized carbons (Fsp3) is 0.333. The number of aliphatic hydroxyl groups excluding tert-OH is 2. The van der Waals surface area contributed by atoms with Crippen molar-refractivity contribution in [3.63, 3.8) is 0 Å². The van der Waals surface area contributed by atoms with Gasteiger partial charge < -0.3 is 36.4 Å². The van der Waals surface area contributed by atoms with E-state index in [0.29, 0.717) is 6.61 Å². The number of nitrogen functional groups attached to an aromatic ring is 1. The quantitative estimate of drug-likeness (QED) is 0.273. The molecule has 10 heteroatoms. The molecule has 0 fully saturated rings. The number of benzene rings is 1. The minimum atomic E-state index is -2.27. The molecule has 0 aromatic heterocycles. The molecule has 125 valence electrons. The molecule has 0 heterocycles. The molecule has 2 unspecified atom stereocenters. The fourth-order valence-electron chi connectivity index (χ4n) is 1.00. The maximum Gasteiger partial charge on any atom is 0.335 e. The average molecular weight is 427 g/mol. The van der Waals surface area contributed by atoms with Gasteiger partial charge in [0.2, 0.25) is 0 Å². The second kappa shape index (κ2) is 13.1. The van der Waals surface area contributed by atoms with Gasteiger partial charge in [0.05, 0.1) is 6.61 Å². The smallest absolute Gasteiger partial charge is 0.335 e. The van der Waals surface area contributed by atoms with Crippen molar-refractivity contribution >= 4 is 42.1 Å². The number of carboxylic acid groups (broad SMARTS) is 2. The van der Waals surface area contributed by atoms with Gasteiger partial charge in [-0.3, -0.25) is 0 Å². The van der Waals surface area contributed by atoms with Crippen LogP contribution in [0, 0.1) is 0 Å². The van der Waals surface area contributed by atoms with E-state index >= 15 is 0 Å². The molecular formula is C12H19NO8Sb. The Bertz CT molecular complexity index is 421. The van der Waals surface area contributed by atoms with Crippen LogP contribution in [0.15, 0.2) is 24.3 Å². The topological polar surface area (TPSA) is 182 Å². The summed E-state index contributed by atoms with van der Waals surface area (Å²) in [6, 6.07) is 7.37. The van der Waals surface area contributed by atoms with E-state index in [1.807, 2.05) is 31.2 Å². The molecule has 0 saturated heterocycles. The minimum absolute atomic E-state index is 0. The Kier molecular flexibility index (Phi) is 15.2. The fourth-order valence-corrected chi connectivity index (χ4v) is 1.00. The van der Waals surface area contributed by atoms with Gasteiger partial charge in [0.25, 0.3) is 0 Å². The van der Waals surface area contributed by atoms with Gasteiger partial charge >= 0.3 is 11.9 Å². The van der Waals surface area contributed by atoms with Crippen LogP contribution in [0.1, 0.15) is 6.92 Å². The Morgan fingerprint density at radius 2 is 1.45 bits per heavy atom. The third-order valence-electron chi connectivity index (χ3n) is 2.00. The van der Waals surface area contributed by atoms with Crippen LogP contribution < -0.4 is 10.5 Å². The van der Waals surface area contributed by atoms with Crippen molar-refractivity contribution in [2.24, 2.45) is 0 Å². The first-order valence-electron chi connectivity index (χ1n) is 5.59. The number of ether oxygens (including phenoxy) is 1. The minimum Gasteiger partial charge on any atom is -0.494 e. The van der Waals surface area contributed by atoms with Gasteiger partial charge in [-0.25, -0.2) is 9.59 Å². The van der Waals surface area contributed by atoms with Crippen LogP contribution in [0.25, 0.3) is 0 Å². The van der Waals surface area contributed by atoms with Crippen LogP contribution in [0.4, 0.5) is 5.69 Å². The summed E-state index contributed by atoms with van der Waals surface area (Å²) in [5, 5.41) is 32.5. The van der Waals surface area contributed by atoms with Gasteiger partial charge in [0, 0.05) is 30.1 Å². The van der Waals surface area contributed by atoms with E-state index in [4.69, 9.17) is 30.9 Å². The third kappa shape index (κ3) is 10.2. The van der Waals surface area contributed by atoms with E-state index in [-0.39, 0.29) is 29.9 Å². The van der Waals surface area contributed by atoms with Crippen molar-refractivity contribution in [3.05, 3.63) is 24.3 Å². The number of hydrogen-bond donors (Lipinski definition) is 5. The molecule has 2 atom stereocenters. The van der Waals surface area contributed by atoms with Crippen molar-refractivity contribution in [2.75, 3.05) is 12.3 Å². The van der Waals surface area contributed by atoms with Crippen LogP contribution >= 0.6 is 0 Å². The Balaban J connectivity index is -0.000000301.